The highest BCUT2D eigenvalue weighted by atomic mass is 35.5. The quantitative estimate of drug-likeness (QED) is 0.457. The van der Waals surface area contributed by atoms with Gasteiger partial charge in [0.1, 0.15) is 6.04 Å². The number of carbonyl (C=O) groups is 3. The number of likely N-dealkylation sites (tertiary alicyclic amines) is 1. The number of anilines is 1. The summed E-state index contributed by atoms with van der Waals surface area (Å²) in [5, 5.41) is 6.99. The summed E-state index contributed by atoms with van der Waals surface area (Å²) in [6, 6.07) is 12.4. The van der Waals surface area contributed by atoms with Gasteiger partial charge in [0.2, 0.25) is 5.91 Å². The van der Waals surface area contributed by atoms with Gasteiger partial charge in [-0.05, 0) is 36.6 Å². The van der Waals surface area contributed by atoms with E-state index in [1.54, 1.807) is 30.3 Å². The molecule has 2 atom stereocenters. The molecule has 172 valence electrons. The zero-order valence-corrected chi connectivity index (χ0v) is 18.6. The molecule has 0 unspecified atom stereocenters. The molecule has 9 nitrogen and oxygen atoms in total. The summed E-state index contributed by atoms with van der Waals surface area (Å²) >= 11 is 6.00. The van der Waals surface area contributed by atoms with Gasteiger partial charge in [-0.1, -0.05) is 41.9 Å². The Morgan fingerprint density at radius 1 is 1.12 bits per heavy atom. The minimum atomic E-state index is -0.691. The number of primary amides is 1. The Kier molecular flexibility index (Phi) is 6.52. The van der Waals surface area contributed by atoms with Crippen molar-refractivity contribution < 1.29 is 14.4 Å². The Labute approximate surface area is 195 Å². The normalized spacial score (nSPS) is 17.8. The number of rotatable bonds is 5. The molecule has 1 fully saturated rings. The molecule has 0 radical (unpaired) electrons. The highest BCUT2D eigenvalue weighted by Gasteiger charge is 2.38. The number of urea groups is 1. The number of nitrogens with one attached hydrogen (secondary N) is 2. The summed E-state index contributed by atoms with van der Waals surface area (Å²) in [4.78, 5) is 39.1. The van der Waals surface area contributed by atoms with E-state index < -0.39 is 18.1 Å². The van der Waals surface area contributed by atoms with Crippen LogP contribution in [0.25, 0.3) is 10.9 Å². The highest BCUT2D eigenvalue weighted by Crippen LogP contribution is 2.27. The first-order chi connectivity index (χ1) is 15.8. The Bertz CT molecular complexity index is 1210. The third-order valence-corrected chi connectivity index (χ3v) is 5.92. The summed E-state index contributed by atoms with van der Waals surface area (Å²) in [7, 11) is 0. The van der Waals surface area contributed by atoms with E-state index in [0.29, 0.717) is 41.0 Å². The van der Waals surface area contributed by atoms with Gasteiger partial charge in [-0.15, -0.1) is 0 Å². The van der Waals surface area contributed by atoms with E-state index in [1.165, 1.54) is 15.7 Å². The van der Waals surface area contributed by atoms with Crippen molar-refractivity contribution >= 4 is 46.2 Å². The molecule has 6 N–H and O–H groups in total. The number of hydrogen-bond acceptors (Lipinski definition) is 4. The lowest BCUT2D eigenvalue weighted by molar-refractivity contribution is -0.124. The first-order valence-corrected chi connectivity index (χ1v) is 11.0. The predicted octanol–water partition coefficient (Wildman–Crippen LogP) is 2.51. The summed E-state index contributed by atoms with van der Waals surface area (Å²) in [6.07, 6.45) is 2.45. The van der Waals surface area contributed by atoms with Crippen molar-refractivity contribution in [1.82, 2.24) is 14.8 Å². The number of para-hydroxylation sites is 1. The van der Waals surface area contributed by atoms with Crippen LogP contribution in [0.2, 0.25) is 5.02 Å². The zero-order chi connectivity index (χ0) is 23.5. The largest absolute Gasteiger partial charge is 0.354 e. The van der Waals surface area contributed by atoms with Crippen molar-refractivity contribution in [2.75, 3.05) is 18.4 Å². The molecule has 0 saturated carbocycles. The molecular weight excluding hydrogens is 444 g/mol. The lowest BCUT2D eigenvalue weighted by Gasteiger charge is -2.24. The lowest BCUT2D eigenvalue weighted by Crippen LogP contribution is -2.47. The zero-order valence-electron chi connectivity index (χ0n) is 17.8. The van der Waals surface area contributed by atoms with E-state index in [9.17, 15) is 14.4 Å². The van der Waals surface area contributed by atoms with Crippen LogP contribution in [0.3, 0.4) is 0 Å². The molecule has 3 aromatic rings. The van der Waals surface area contributed by atoms with E-state index in [2.05, 4.69) is 10.6 Å². The molecule has 1 aliphatic rings. The third-order valence-electron chi connectivity index (χ3n) is 5.69. The van der Waals surface area contributed by atoms with Gasteiger partial charge in [-0.2, -0.15) is 0 Å². The minimum Gasteiger partial charge on any atom is -0.354 e. The van der Waals surface area contributed by atoms with Gasteiger partial charge in [0, 0.05) is 35.7 Å². The fraction of sp³-hybridized carbons (Fsp3) is 0.261. The van der Waals surface area contributed by atoms with E-state index in [-0.39, 0.29) is 18.5 Å². The molecule has 0 aliphatic carbocycles. The minimum absolute atomic E-state index is 0.243. The van der Waals surface area contributed by atoms with Crippen molar-refractivity contribution in [3.05, 3.63) is 65.3 Å². The number of fused-ring (bicyclic) bond motifs is 1. The van der Waals surface area contributed by atoms with Crippen LogP contribution in [0.4, 0.5) is 15.3 Å². The first kappa shape index (κ1) is 22.6. The number of aromatic nitrogens is 1. The summed E-state index contributed by atoms with van der Waals surface area (Å²) in [5.41, 5.74) is 13.5. The van der Waals surface area contributed by atoms with Crippen molar-refractivity contribution in [3.8, 4) is 0 Å². The maximum Gasteiger partial charge on any atom is 0.323 e. The number of benzene rings is 2. The lowest BCUT2D eigenvalue weighted by atomic mass is 10.1. The van der Waals surface area contributed by atoms with Crippen LogP contribution in [-0.2, 0) is 11.2 Å². The molecule has 33 heavy (non-hydrogen) atoms. The molecule has 4 amide bonds. The van der Waals surface area contributed by atoms with E-state index >= 15 is 0 Å². The fourth-order valence-corrected chi connectivity index (χ4v) is 4.34. The van der Waals surface area contributed by atoms with Crippen LogP contribution in [0, 0.1) is 0 Å². The Balaban J connectivity index is 1.44. The first-order valence-electron chi connectivity index (χ1n) is 10.6. The average molecular weight is 469 g/mol. The van der Waals surface area contributed by atoms with Crippen molar-refractivity contribution in [2.24, 2.45) is 11.5 Å². The monoisotopic (exact) mass is 468 g/mol. The number of halogens is 1. The van der Waals surface area contributed by atoms with E-state index in [0.717, 1.165) is 5.56 Å². The Morgan fingerprint density at radius 2 is 1.91 bits per heavy atom. The standard InChI is InChI=1S/C23H25ClN6O3/c24-15-5-3-4-14(10-15)8-9-27-21(31)20-11-16(25)12-30(20)23(33)28-18-13-29(22(26)32)19-7-2-1-6-17(18)19/h1-7,10,13,16,20H,8-9,11-12,25H2,(H2,26,32)(H,27,31)(H,28,33)/t16-,20-/m0/s1. The number of amides is 4. The molecule has 0 spiro atoms. The topological polar surface area (TPSA) is 135 Å². The van der Waals surface area contributed by atoms with E-state index in [4.69, 9.17) is 23.1 Å². The second-order valence-corrected chi connectivity index (χ2v) is 8.47. The third kappa shape index (κ3) is 4.94. The number of hydrogen-bond donors (Lipinski definition) is 4. The smallest absolute Gasteiger partial charge is 0.323 e. The number of nitrogens with two attached hydrogens (primary N) is 2. The van der Waals surface area contributed by atoms with Gasteiger partial charge in [-0.3, -0.25) is 9.36 Å². The van der Waals surface area contributed by atoms with Gasteiger partial charge in [0.15, 0.2) is 0 Å². The molecule has 1 aromatic heterocycles. The van der Waals surface area contributed by atoms with Gasteiger partial charge in [0.25, 0.3) is 0 Å². The average Bonchev–Trinajstić information content (AvgIpc) is 3.35. The maximum atomic E-state index is 13.1. The van der Waals surface area contributed by atoms with Gasteiger partial charge >= 0.3 is 12.1 Å². The predicted molar refractivity (Wildman–Crippen MR) is 127 cm³/mol. The summed E-state index contributed by atoms with van der Waals surface area (Å²) < 4.78 is 1.26. The number of nitrogens with zero attached hydrogens (tertiary/aromatic N) is 2. The van der Waals surface area contributed by atoms with Gasteiger partial charge in [0.05, 0.1) is 11.2 Å². The van der Waals surface area contributed by atoms with Crippen molar-refractivity contribution in [1.29, 1.82) is 0 Å². The van der Waals surface area contributed by atoms with Crippen LogP contribution in [-0.4, -0.2) is 52.6 Å². The molecular formula is C23H25ClN6O3. The summed E-state index contributed by atoms with van der Waals surface area (Å²) in [6.45, 7) is 0.652. The number of carbonyl (C=O) groups excluding carboxylic acids is 3. The maximum absolute atomic E-state index is 13.1. The van der Waals surface area contributed by atoms with Crippen LogP contribution in [0.5, 0.6) is 0 Å². The van der Waals surface area contributed by atoms with Gasteiger partial charge < -0.3 is 27.0 Å². The Morgan fingerprint density at radius 3 is 2.67 bits per heavy atom. The van der Waals surface area contributed by atoms with Crippen LogP contribution < -0.4 is 22.1 Å². The SMILES string of the molecule is NC(=O)n1cc(NC(=O)N2C[C@@H](N)C[C@H]2C(=O)NCCc2cccc(Cl)c2)c2ccccc21. The van der Waals surface area contributed by atoms with Crippen LogP contribution >= 0.6 is 11.6 Å². The Hall–Kier alpha value is -3.56. The van der Waals surface area contributed by atoms with Gasteiger partial charge in [-0.25, -0.2) is 9.59 Å². The molecule has 4 rings (SSSR count). The van der Waals surface area contributed by atoms with E-state index in [1.807, 2.05) is 18.2 Å². The van der Waals surface area contributed by atoms with Crippen molar-refractivity contribution in [2.45, 2.75) is 24.9 Å². The van der Waals surface area contributed by atoms with Crippen LogP contribution in [0.1, 0.15) is 12.0 Å². The molecule has 2 aromatic carbocycles. The molecule has 1 saturated heterocycles. The second-order valence-electron chi connectivity index (χ2n) is 8.03. The molecule has 2 heterocycles. The fourth-order valence-electron chi connectivity index (χ4n) is 4.13. The van der Waals surface area contributed by atoms with Crippen molar-refractivity contribution in [3.63, 3.8) is 0 Å². The molecule has 1 aliphatic heterocycles. The van der Waals surface area contributed by atoms with Crippen LogP contribution in [0.15, 0.2) is 54.7 Å². The summed E-state index contributed by atoms with van der Waals surface area (Å²) in [5.74, 6) is -0.264. The highest BCUT2D eigenvalue weighted by molar-refractivity contribution is 6.30. The second kappa shape index (κ2) is 9.51. The molecule has 10 heteroatoms. The molecule has 0 bridgehead atoms.